The fourth-order valence-electron chi connectivity index (χ4n) is 2.82. The quantitative estimate of drug-likeness (QED) is 0.798. The fraction of sp³-hybridized carbons (Fsp3) is 0.471. The van der Waals surface area contributed by atoms with Gasteiger partial charge in [0, 0.05) is 39.0 Å². The minimum Gasteiger partial charge on any atom is -0.378 e. The van der Waals surface area contributed by atoms with E-state index in [1.54, 1.807) is 6.92 Å². The second-order valence-corrected chi connectivity index (χ2v) is 5.78. The van der Waals surface area contributed by atoms with Gasteiger partial charge in [0.05, 0.1) is 0 Å². The molecule has 0 amide bonds. The lowest BCUT2D eigenvalue weighted by Gasteiger charge is -2.26. The Labute approximate surface area is 125 Å². The maximum atomic E-state index is 12.1. The SMILES string of the molecule is CCC(=O)C1C(=O)CC(c2ccc(N(C)C)cc2)CC1=O. The van der Waals surface area contributed by atoms with Crippen LogP contribution in [0.25, 0.3) is 0 Å². The molecule has 0 aromatic heterocycles. The molecule has 0 N–H and O–H groups in total. The lowest BCUT2D eigenvalue weighted by Crippen LogP contribution is -2.37. The van der Waals surface area contributed by atoms with Crippen LogP contribution in [0.2, 0.25) is 0 Å². The van der Waals surface area contributed by atoms with Crippen molar-refractivity contribution in [3.05, 3.63) is 29.8 Å². The van der Waals surface area contributed by atoms with Gasteiger partial charge in [-0.05, 0) is 23.6 Å². The number of hydrogen-bond donors (Lipinski definition) is 0. The summed E-state index contributed by atoms with van der Waals surface area (Å²) in [4.78, 5) is 37.9. The zero-order chi connectivity index (χ0) is 15.6. The third-order valence-corrected chi connectivity index (χ3v) is 4.09. The Bertz CT molecular complexity index is 542. The molecule has 0 aliphatic heterocycles. The molecule has 1 saturated carbocycles. The monoisotopic (exact) mass is 287 g/mol. The molecule has 21 heavy (non-hydrogen) atoms. The molecule has 1 aromatic carbocycles. The van der Waals surface area contributed by atoms with Crippen LogP contribution in [0.1, 0.15) is 37.7 Å². The van der Waals surface area contributed by atoms with Gasteiger partial charge >= 0.3 is 0 Å². The van der Waals surface area contributed by atoms with Crippen molar-refractivity contribution in [3.63, 3.8) is 0 Å². The maximum absolute atomic E-state index is 12.1. The Morgan fingerprint density at radius 1 is 1.10 bits per heavy atom. The largest absolute Gasteiger partial charge is 0.378 e. The van der Waals surface area contributed by atoms with Crippen molar-refractivity contribution in [3.8, 4) is 0 Å². The van der Waals surface area contributed by atoms with Crippen molar-refractivity contribution in [2.45, 2.75) is 32.1 Å². The molecule has 0 bridgehead atoms. The highest BCUT2D eigenvalue weighted by Gasteiger charge is 2.39. The summed E-state index contributed by atoms with van der Waals surface area (Å²) in [6, 6.07) is 7.88. The normalized spacial score (nSPS) is 22.2. The molecular weight excluding hydrogens is 266 g/mol. The molecule has 112 valence electrons. The van der Waals surface area contributed by atoms with E-state index >= 15 is 0 Å². The first-order valence-electron chi connectivity index (χ1n) is 7.29. The summed E-state index contributed by atoms with van der Waals surface area (Å²) in [5.41, 5.74) is 2.07. The predicted octanol–water partition coefficient (Wildman–Crippen LogP) is 2.36. The van der Waals surface area contributed by atoms with Crippen LogP contribution >= 0.6 is 0 Å². The minimum atomic E-state index is -1.01. The summed E-state index contributed by atoms with van der Waals surface area (Å²) < 4.78 is 0. The zero-order valence-electron chi connectivity index (χ0n) is 12.8. The van der Waals surface area contributed by atoms with Crippen molar-refractivity contribution in [2.75, 3.05) is 19.0 Å². The minimum absolute atomic E-state index is 0.0953. The number of Topliss-reactive ketones (excluding diaryl/α,β-unsaturated/α-hetero) is 3. The van der Waals surface area contributed by atoms with E-state index in [0.29, 0.717) is 0 Å². The number of rotatable bonds is 4. The smallest absolute Gasteiger partial charge is 0.151 e. The fourth-order valence-corrected chi connectivity index (χ4v) is 2.82. The summed E-state index contributed by atoms with van der Waals surface area (Å²) in [7, 11) is 3.92. The van der Waals surface area contributed by atoms with Crippen LogP contribution in [0, 0.1) is 5.92 Å². The standard InChI is InChI=1S/C17H21NO3/c1-4-14(19)17-15(20)9-12(10-16(17)21)11-5-7-13(8-6-11)18(2)3/h5-8,12,17H,4,9-10H2,1-3H3. The van der Waals surface area contributed by atoms with E-state index in [-0.39, 0.29) is 42.5 Å². The van der Waals surface area contributed by atoms with E-state index in [2.05, 4.69) is 0 Å². The molecule has 0 heterocycles. The molecule has 0 spiro atoms. The summed E-state index contributed by atoms with van der Waals surface area (Å²) in [6.45, 7) is 1.69. The first-order chi connectivity index (χ1) is 9.93. The van der Waals surface area contributed by atoms with Crippen LogP contribution in [0.4, 0.5) is 5.69 Å². The molecule has 4 heteroatoms. The van der Waals surface area contributed by atoms with Crippen LogP contribution in [-0.2, 0) is 14.4 Å². The van der Waals surface area contributed by atoms with Crippen molar-refractivity contribution in [2.24, 2.45) is 5.92 Å². The zero-order valence-corrected chi connectivity index (χ0v) is 12.8. The number of anilines is 1. The van der Waals surface area contributed by atoms with Crippen molar-refractivity contribution < 1.29 is 14.4 Å². The van der Waals surface area contributed by atoms with Crippen molar-refractivity contribution in [1.82, 2.24) is 0 Å². The topological polar surface area (TPSA) is 54.5 Å². The second-order valence-electron chi connectivity index (χ2n) is 5.78. The Hall–Kier alpha value is -1.97. The van der Waals surface area contributed by atoms with Crippen LogP contribution in [-0.4, -0.2) is 31.4 Å². The van der Waals surface area contributed by atoms with E-state index in [1.165, 1.54) is 0 Å². The molecule has 4 nitrogen and oxygen atoms in total. The number of benzene rings is 1. The average Bonchev–Trinajstić information content (AvgIpc) is 2.46. The maximum Gasteiger partial charge on any atom is 0.151 e. The van der Waals surface area contributed by atoms with Crippen molar-refractivity contribution in [1.29, 1.82) is 0 Å². The van der Waals surface area contributed by atoms with E-state index in [4.69, 9.17) is 0 Å². The summed E-state index contributed by atoms with van der Waals surface area (Å²) in [5, 5.41) is 0. The lowest BCUT2D eigenvalue weighted by atomic mass is 9.75. The van der Waals surface area contributed by atoms with Crippen LogP contribution in [0.5, 0.6) is 0 Å². The van der Waals surface area contributed by atoms with Gasteiger partial charge in [-0.25, -0.2) is 0 Å². The highest BCUT2D eigenvalue weighted by Crippen LogP contribution is 2.33. The lowest BCUT2D eigenvalue weighted by molar-refractivity contribution is -0.142. The molecule has 0 unspecified atom stereocenters. The van der Waals surface area contributed by atoms with Crippen molar-refractivity contribution >= 4 is 23.0 Å². The summed E-state index contributed by atoms with van der Waals surface area (Å²) in [5.74, 6) is -1.79. The van der Waals surface area contributed by atoms with E-state index in [0.717, 1.165) is 11.3 Å². The summed E-state index contributed by atoms with van der Waals surface area (Å²) in [6.07, 6.45) is 0.803. The van der Waals surface area contributed by atoms with Gasteiger partial charge in [-0.15, -0.1) is 0 Å². The third-order valence-electron chi connectivity index (χ3n) is 4.09. The molecule has 0 atom stereocenters. The van der Waals surface area contributed by atoms with Gasteiger partial charge in [0.25, 0.3) is 0 Å². The summed E-state index contributed by atoms with van der Waals surface area (Å²) >= 11 is 0. The van der Waals surface area contributed by atoms with Gasteiger partial charge in [0.2, 0.25) is 0 Å². The second kappa shape index (κ2) is 6.20. The molecule has 1 aliphatic rings. The van der Waals surface area contributed by atoms with Crippen LogP contribution < -0.4 is 4.90 Å². The van der Waals surface area contributed by atoms with Crippen LogP contribution in [0.15, 0.2) is 24.3 Å². The molecule has 0 saturated heterocycles. The van der Waals surface area contributed by atoms with Gasteiger partial charge in [-0.1, -0.05) is 19.1 Å². The molecule has 1 aromatic rings. The average molecular weight is 287 g/mol. The Morgan fingerprint density at radius 2 is 1.62 bits per heavy atom. The Morgan fingerprint density at radius 3 is 2.05 bits per heavy atom. The first kappa shape index (κ1) is 15.4. The number of nitrogens with zero attached hydrogens (tertiary/aromatic N) is 1. The molecular formula is C17H21NO3. The van der Waals surface area contributed by atoms with E-state index < -0.39 is 5.92 Å². The van der Waals surface area contributed by atoms with E-state index in [1.807, 2.05) is 43.3 Å². The van der Waals surface area contributed by atoms with Gasteiger partial charge in [-0.2, -0.15) is 0 Å². The highest BCUT2D eigenvalue weighted by atomic mass is 16.2. The van der Waals surface area contributed by atoms with Gasteiger partial charge in [0.1, 0.15) is 5.92 Å². The molecule has 0 radical (unpaired) electrons. The third kappa shape index (κ3) is 3.20. The number of hydrogen-bond acceptors (Lipinski definition) is 4. The number of ketones is 3. The Balaban J connectivity index is 2.15. The Kier molecular flexibility index (Phi) is 4.56. The van der Waals surface area contributed by atoms with Gasteiger partial charge in [0.15, 0.2) is 17.3 Å². The number of carbonyl (C=O) groups is 3. The molecule has 2 rings (SSSR count). The first-order valence-corrected chi connectivity index (χ1v) is 7.29. The van der Waals surface area contributed by atoms with Crippen LogP contribution in [0.3, 0.4) is 0 Å². The van der Waals surface area contributed by atoms with Gasteiger partial charge < -0.3 is 4.90 Å². The van der Waals surface area contributed by atoms with E-state index in [9.17, 15) is 14.4 Å². The molecule has 1 fully saturated rings. The molecule has 1 aliphatic carbocycles. The van der Waals surface area contributed by atoms with Gasteiger partial charge in [-0.3, -0.25) is 14.4 Å². The number of carbonyl (C=O) groups excluding carboxylic acids is 3. The predicted molar refractivity (Wildman–Crippen MR) is 81.5 cm³/mol. The highest BCUT2D eigenvalue weighted by molar-refractivity contribution is 6.20.